The predicted molar refractivity (Wildman–Crippen MR) is 109 cm³/mol. The monoisotopic (exact) mass is 414 g/mol. The molecule has 28 heavy (non-hydrogen) atoms. The molecule has 2 N–H and O–H groups in total. The molecule has 4 atom stereocenters. The van der Waals surface area contributed by atoms with Crippen molar-refractivity contribution in [1.82, 2.24) is 9.55 Å². The Morgan fingerprint density at radius 2 is 1.75 bits per heavy atom. The fourth-order valence-corrected chi connectivity index (χ4v) is 5.78. The third kappa shape index (κ3) is 4.65. The van der Waals surface area contributed by atoms with Gasteiger partial charge < -0.3 is 19.3 Å². The van der Waals surface area contributed by atoms with Gasteiger partial charge in [-0.1, -0.05) is 13.1 Å². The summed E-state index contributed by atoms with van der Waals surface area (Å²) in [4.78, 5) is 26.7. The Labute approximate surface area is 167 Å². The molecule has 0 aromatic carbocycles. The van der Waals surface area contributed by atoms with E-state index in [4.69, 9.17) is 14.2 Å². The molecule has 0 unspecified atom stereocenters. The van der Waals surface area contributed by atoms with E-state index < -0.39 is 54.9 Å². The quantitative estimate of drug-likeness (QED) is 0.696. The zero-order chi connectivity index (χ0) is 21.5. The van der Waals surface area contributed by atoms with E-state index in [1.165, 1.54) is 16.8 Å². The molecule has 0 bridgehead atoms. The van der Waals surface area contributed by atoms with Gasteiger partial charge in [0.25, 0.3) is 5.56 Å². The van der Waals surface area contributed by atoms with Crippen LogP contribution in [0.3, 0.4) is 0 Å². The van der Waals surface area contributed by atoms with Gasteiger partial charge >= 0.3 is 5.69 Å². The Morgan fingerprint density at radius 1 is 1.18 bits per heavy atom. The van der Waals surface area contributed by atoms with Crippen molar-refractivity contribution in [1.29, 1.82) is 0 Å². The number of aliphatic hydroxyl groups excluding tert-OH is 1. The molecule has 0 amide bonds. The highest BCUT2D eigenvalue weighted by Gasteiger charge is 2.61. The summed E-state index contributed by atoms with van der Waals surface area (Å²) in [6.45, 7) is 15.4. The van der Waals surface area contributed by atoms with Crippen molar-refractivity contribution in [3.63, 3.8) is 0 Å². The number of aliphatic hydroxyl groups is 1. The fourth-order valence-electron chi connectivity index (χ4n) is 3.66. The van der Waals surface area contributed by atoms with Gasteiger partial charge in [0.15, 0.2) is 5.35 Å². The number of rotatable bonds is 5. The minimum absolute atomic E-state index is 0.272. The van der Waals surface area contributed by atoms with E-state index in [0.29, 0.717) is 0 Å². The number of nitrogens with zero attached hydrogens (tertiary/aromatic N) is 1. The maximum Gasteiger partial charge on any atom is 0.330 e. The zero-order valence-electron chi connectivity index (χ0n) is 18.1. The van der Waals surface area contributed by atoms with E-state index in [9.17, 15) is 14.7 Å². The van der Waals surface area contributed by atoms with Crippen molar-refractivity contribution in [2.24, 2.45) is 0 Å². The topological polar surface area (TPSA) is 103 Å². The third-order valence-electron chi connectivity index (χ3n) is 4.59. The predicted octanol–water partition coefficient (Wildman–Crippen LogP) is 0.974. The number of H-pyrrole nitrogens is 1. The van der Waals surface area contributed by atoms with Crippen LogP contribution in [0.15, 0.2) is 21.9 Å². The van der Waals surface area contributed by atoms with Crippen LogP contribution in [0.1, 0.15) is 41.5 Å². The summed E-state index contributed by atoms with van der Waals surface area (Å²) >= 11 is 0. The lowest BCUT2D eigenvalue weighted by Crippen LogP contribution is -2.61. The smallest absolute Gasteiger partial charge is 0.330 e. The first-order valence-corrected chi connectivity index (χ1v) is 12.6. The summed E-state index contributed by atoms with van der Waals surface area (Å²) < 4.78 is 20.5. The molecular formula is C19H34N2O6Si. The minimum Gasteiger partial charge on any atom is -0.394 e. The van der Waals surface area contributed by atoms with Crippen LogP contribution in [-0.2, 0) is 19.6 Å². The molecule has 0 spiro atoms. The lowest BCUT2D eigenvalue weighted by atomic mass is 10.1. The summed E-state index contributed by atoms with van der Waals surface area (Å²) in [5.41, 5.74) is -2.09. The van der Waals surface area contributed by atoms with Crippen LogP contribution in [0.2, 0.25) is 13.1 Å². The van der Waals surface area contributed by atoms with E-state index in [1.54, 1.807) is 0 Å². The second kappa shape index (κ2) is 7.87. The van der Waals surface area contributed by atoms with Gasteiger partial charge in [-0.3, -0.25) is 14.3 Å². The Morgan fingerprint density at radius 3 is 2.18 bits per heavy atom. The number of hydrogen-bond acceptors (Lipinski definition) is 6. The highest BCUT2D eigenvalue weighted by Crippen LogP contribution is 2.43. The molecule has 1 aromatic rings. The van der Waals surface area contributed by atoms with E-state index in [-0.39, 0.29) is 6.61 Å². The molecule has 1 aliphatic heterocycles. The summed E-state index contributed by atoms with van der Waals surface area (Å²) in [5, 5.41) is 8.91. The average Bonchev–Trinajstić information content (AvgIpc) is 2.79. The van der Waals surface area contributed by atoms with Crippen molar-refractivity contribution >= 4 is 8.80 Å². The van der Waals surface area contributed by atoms with Gasteiger partial charge in [0.2, 0.25) is 0 Å². The van der Waals surface area contributed by atoms with Crippen molar-refractivity contribution in [3.05, 3.63) is 33.1 Å². The summed E-state index contributed by atoms with van der Waals surface area (Å²) in [5.74, 6) is 0. The average molecular weight is 415 g/mol. The zero-order valence-corrected chi connectivity index (χ0v) is 19.3. The number of nitrogens with one attached hydrogen (secondary N) is 1. The standard InChI is InChI=1S/C19H34N2O6Si/c1-17(2,3)26-14-12(11-22)25-19(28(7)8,15(14)27-18(4,5)6)21-10-9-13(23)20-16(21)24/h9-10,12,14-15,22,28H,11H2,1-8H3,(H,20,23,24)/t12-,14-,15-,19+/m1/s1. The Bertz CT molecular complexity index is 791. The molecule has 0 radical (unpaired) electrons. The lowest BCUT2D eigenvalue weighted by Gasteiger charge is -2.42. The second-order valence-electron chi connectivity index (χ2n) is 9.57. The van der Waals surface area contributed by atoms with Crippen LogP contribution in [0.4, 0.5) is 0 Å². The highest BCUT2D eigenvalue weighted by atomic mass is 28.3. The van der Waals surface area contributed by atoms with Gasteiger partial charge in [0.05, 0.1) is 26.6 Å². The molecule has 160 valence electrons. The molecule has 2 heterocycles. The maximum atomic E-state index is 12.7. The first-order valence-electron chi connectivity index (χ1n) is 9.68. The van der Waals surface area contributed by atoms with Crippen LogP contribution < -0.4 is 11.2 Å². The normalized spacial score (nSPS) is 28.9. The van der Waals surface area contributed by atoms with Gasteiger partial charge in [-0.05, 0) is 41.5 Å². The maximum absolute atomic E-state index is 12.7. The van der Waals surface area contributed by atoms with Gasteiger partial charge in [-0.25, -0.2) is 4.79 Å². The molecule has 1 saturated heterocycles. The van der Waals surface area contributed by atoms with E-state index in [1.807, 2.05) is 54.6 Å². The summed E-state index contributed by atoms with van der Waals surface area (Å²) in [6.07, 6.45) is -0.446. The Balaban J connectivity index is 2.73. The Hall–Kier alpha value is -1.26. The molecule has 1 aromatic heterocycles. The molecule has 0 saturated carbocycles. The fraction of sp³-hybridized carbons (Fsp3) is 0.789. The first kappa shape index (κ1) is 23.0. The van der Waals surface area contributed by atoms with E-state index >= 15 is 0 Å². The first-order chi connectivity index (χ1) is 12.7. The number of hydrogen-bond donors (Lipinski definition) is 2. The van der Waals surface area contributed by atoms with Crippen LogP contribution >= 0.6 is 0 Å². The van der Waals surface area contributed by atoms with E-state index in [2.05, 4.69) is 4.98 Å². The molecule has 8 nitrogen and oxygen atoms in total. The summed E-state index contributed by atoms with van der Waals surface area (Å²) in [7, 11) is -1.83. The van der Waals surface area contributed by atoms with Crippen LogP contribution in [-0.4, -0.2) is 59.6 Å². The molecule has 2 rings (SSSR count). The van der Waals surface area contributed by atoms with Gasteiger partial charge in [-0.15, -0.1) is 0 Å². The molecule has 9 heteroatoms. The molecular weight excluding hydrogens is 380 g/mol. The van der Waals surface area contributed by atoms with Gasteiger partial charge in [0.1, 0.15) is 18.3 Å². The summed E-state index contributed by atoms with van der Waals surface area (Å²) in [6, 6.07) is 1.29. The van der Waals surface area contributed by atoms with Crippen molar-refractivity contribution < 1.29 is 19.3 Å². The lowest BCUT2D eigenvalue weighted by molar-refractivity contribution is -0.174. The number of aromatic nitrogens is 2. The SMILES string of the molecule is C[SiH](C)[C@@]1(n2ccc(=O)[nH]c2=O)O[C@H](CO)[C@@H](OC(C)(C)C)[C@H]1OC(C)(C)C. The van der Waals surface area contributed by atoms with Crippen LogP contribution in [0, 0.1) is 0 Å². The van der Waals surface area contributed by atoms with Crippen LogP contribution in [0.25, 0.3) is 0 Å². The van der Waals surface area contributed by atoms with Crippen LogP contribution in [0.5, 0.6) is 0 Å². The third-order valence-corrected chi connectivity index (χ3v) is 6.99. The number of ether oxygens (including phenoxy) is 3. The van der Waals surface area contributed by atoms with Crippen molar-refractivity contribution in [2.45, 2.75) is 89.5 Å². The van der Waals surface area contributed by atoms with Gasteiger partial charge in [0, 0.05) is 12.3 Å². The molecule has 1 fully saturated rings. The second-order valence-corrected chi connectivity index (χ2v) is 12.7. The number of aromatic amines is 1. The van der Waals surface area contributed by atoms with Crippen molar-refractivity contribution in [2.75, 3.05) is 6.61 Å². The Kier molecular flexibility index (Phi) is 6.47. The van der Waals surface area contributed by atoms with E-state index in [0.717, 1.165) is 0 Å². The largest absolute Gasteiger partial charge is 0.394 e. The minimum atomic E-state index is -1.83. The molecule has 0 aliphatic carbocycles. The molecule has 1 aliphatic rings. The van der Waals surface area contributed by atoms with Gasteiger partial charge in [-0.2, -0.15) is 0 Å². The van der Waals surface area contributed by atoms with Crippen molar-refractivity contribution in [3.8, 4) is 0 Å². The highest BCUT2D eigenvalue weighted by molar-refractivity contribution is 6.58.